The number of methoxy groups -OCH3 is 2. The number of aliphatic imine (C=N–C) groups is 2. The molecule has 8 atom stereocenters. The minimum Gasteiger partial charge on any atom is -0.469 e. The minimum atomic E-state index is -0.645. The quantitative estimate of drug-likeness (QED) is 0.180. The number of fused-ring (bicyclic) bond motifs is 5. The Balaban J connectivity index is 0.806. The van der Waals surface area contributed by atoms with E-state index >= 15 is 0 Å². The predicted octanol–water partition coefficient (Wildman–Crippen LogP) is 9.78. The summed E-state index contributed by atoms with van der Waals surface area (Å²) in [5.74, 6) is 1.37. The zero-order valence-corrected chi connectivity index (χ0v) is 39.2. The fraction of sp³-hybridized carbons (Fsp3) is 0.527. The zero-order chi connectivity index (χ0) is 45.7. The number of amides is 3. The first kappa shape index (κ1) is 43.0. The summed E-state index contributed by atoms with van der Waals surface area (Å²) in [7, 11) is 2.72. The van der Waals surface area contributed by atoms with Gasteiger partial charge in [-0.05, 0) is 149 Å². The second kappa shape index (κ2) is 16.6. The summed E-state index contributed by atoms with van der Waals surface area (Å²) in [5.41, 5.74) is 14.9. The third-order valence-electron chi connectivity index (χ3n) is 16.8. The van der Waals surface area contributed by atoms with Crippen LogP contribution in [-0.2, 0) is 30.3 Å². The topological polar surface area (TPSA) is 130 Å². The van der Waals surface area contributed by atoms with Gasteiger partial charge in [-0.25, -0.2) is 4.79 Å². The van der Waals surface area contributed by atoms with Gasteiger partial charge in [0.2, 0.25) is 11.8 Å². The molecule has 0 aromatic heterocycles. The van der Waals surface area contributed by atoms with Crippen molar-refractivity contribution < 1.29 is 28.7 Å². The van der Waals surface area contributed by atoms with Crippen molar-refractivity contribution in [3.63, 3.8) is 0 Å². The fourth-order valence-corrected chi connectivity index (χ4v) is 13.0. The molecular weight excluding hydrogens is 827 g/mol. The number of carbonyl (C=O) groups excluding carboxylic acids is 4. The number of ether oxygens (including phenoxy) is 2. The molecule has 11 heteroatoms. The van der Waals surface area contributed by atoms with Gasteiger partial charge in [0.15, 0.2) is 0 Å². The van der Waals surface area contributed by atoms with Gasteiger partial charge in [0.25, 0.3) is 0 Å². The van der Waals surface area contributed by atoms with E-state index in [0.29, 0.717) is 23.7 Å². The highest BCUT2D eigenvalue weighted by atomic mass is 16.5. The van der Waals surface area contributed by atoms with Crippen LogP contribution < -0.4 is 5.32 Å². The molecule has 4 heterocycles. The van der Waals surface area contributed by atoms with Gasteiger partial charge in [0, 0.05) is 42.5 Å². The van der Waals surface area contributed by atoms with E-state index in [1.54, 1.807) is 0 Å². The van der Waals surface area contributed by atoms with Gasteiger partial charge in [0.1, 0.15) is 6.04 Å². The first-order valence-corrected chi connectivity index (χ1v) is 24.7. The van der Waals surface area contributed by atoms with E-state index in [0.717, 1.165) is 61.2 Å². The van der Waals surface area contributed by atoms with Gasteiger partial charge >= 0.3 is 12.1 Å². The van der Waals surface area contributed by atoms with Crippen LogP contribution in [0.15, 0.2) is 70.8 Å². The lowest BCUT2D eigenvalue weighted by atomic mass is 9.63. The van der Waals surface area contributed by atoms with Crippen LogP contribution in [0.3, 0.4) is 0 Å². The van der Waals surface area contributed by atoms with Gasteiger partial charge in [-0.3, -0.25) is 24.4 Å². The highest BCUT2D eigenvalue weighted by molar-refractivity contribution is 6.04. The van der Waals surface area contributed by atoms with Crippen LogP contribution in [0, 0.1) is 29.6 Å². The molecule has 0 spiro atoms. The Bertz CT molecular complexity index is 2600. The summed E-state index contributed by atoms with van der Waals surface area (Å²) in [6, 6.07) is 20.3. The second-order valence-corrected chi connectivity index (χ2v) is 21.3. The number of rotatable bonds is 12. The molecule has 4 unspecified atom stereocenters. The average Bonchev–Trinajstić information content (AvgIpc) is 3.95. The fourth-order valence-electron chi connectivity index (χ4n) is 13.0. The molecule has 66 heavy (non-hydrogen) atoms. The molecule has 11 nitrogen and oxygen atoms in total. The normalized spacial score (nSPS) is 28.2. The van der Waals surface area contributed by atoms with Crippen molar-refractivity contribution in [2.24, 2.45) is 39.6 Å². The number of nitrogens with zero attached hydrogens (tertiary/aromatic N) is 4. The number of nitrogens with one attached hydrogen (secondary N) is 1. The summed E-state index contributed by atoms with van der Waals surface area (Å²) in [5, 5.41) is 2.81. The van der Waals surface area contributed by atoms with Crippen molar-refractivity contribution in [3.05, 3.63) is 83.1 Å². The van der Waals surface area contributed by atoms with E-state index < -0.39 is 18.1 Å². The maximum atomic E-state index is 14.1. The van der Waals surface area contributed by atoms with Crippen LogP contribution in [0.4, 0.5) is 10.5 Å². The van der Waals surface area contributed by atoms with Crippen LogP contribution in [0.2, 0.25) is 0 Å². The molecule has 5 aliphatic carbocycles. The molecule has 344 valence electrons. The number of hydrogen-bond donors (Lipinski definition) is 1. The predicted molar refractivity (Wildman–Crippen MR) is 256 cm³/mol. The Morgan fingerprint density at radius 2 is 1.27 bits per heavy atom. The van der Waals surface area contributed by atoms with Crippen molar-refractivity contribution in [1.82, 2.24) is 15.1 Å². The highest BCUT2D eigenvalue weighted by Crippen LogP contribution is 2.56. The first-order valence-electron chi connectivity index (χ1n) is 24.7. The molecule has 9 aliphatic rings. The monoisotopic (exact) mass is 889 g/mol. The summed E-state index contributed by atoms with van der Waals surface area (Å²) in [4.78, 5) is 66.9. The molecule has 3 amide bonds. The van der Waals surface area contributed by atoms with Gasteiger partial charge in [0.05, 0.1) is 44.3 Å². The molecule has 3 saturated carbocycles. The number of carbonyl (C=O) groups is 4. The van der Waals surface area contributed by atoms with Crippen LogP contribution in [0.25, 0.3) is 27.8 Å². The zero-order valence-electron chi connectivity index (χ0n) is 39.2. The number of likely N-dealkylation sites (tertiary alicyclic amines) is 2. The minimum absolute atomic E-state index is 0.0199. The van der Waals surface area contributed by atoms with Gasteiger partial charge in [-0.15, -0.1) is 0 Å². The van der Waals surface area contributed by atoms with Crippen molar-refractivity contribution in [2.75, 3.05) is 14.2 Å². The van der Waals surface area contributed by atoms with E-state index in [1.807, 2.05) is 38.8 Å². The lowest BCUT2D eigenvalue weighted by Gasteiger charge is -2.41. The van der Waals surface area contributed by atoms with Crippen molar-refractivity contribution in [3.8, 4) is 22.3 Å². The summed E-state index contributed by atoms with van der Waals surface area (Å²) in [6.45, 7) is 7.96. The molecule has 12 rings (SSSR count). The highest BCUT2D eigenvalue weighted by Gasteiger charge is 2.58. The van der Waals surface area contributed by atoms with Gasteiger partial charge in [-0.1, -0.05) is 70.2 Å². The third kappa shape index (κ3) is 7.39. The maximum absolute atomic E-state index is 14.1. The standard InChI is InChI=1S/C55H63N5O6/c1-28(2)41(26-49(61)65-5)53(62)59-45-22-36(45)24-47(59)43-21-38(27-56-43)30-7-9-31(10-8-30)39-16-17-40(51-33-13-11-32(12-14-33)50(39)51)34-15-18-42-35(19-34)20-44(57-42)48-25-37-23-46(37)60(48)54(63)52(29(3)4)58-55(64)66-6/h7-10,15-19,27-29,32-33,36-37,41,45-48,52H,11-14,20-26H2,1-6H3,(H,58,64)/t32?,33?,36?,37?,41-,45?,46?,47-,48+,52-/m0/s1. The van der Waals surface area contributed by atoms with Gasteiger partial charge in [-0.2, -0.15) is 0 Å². The number of allylic oxidation sites excluding steroid dienone is 1. The van der Waals surface area contributed by atoms with Gasteiger partial charge < -0.3 is 24.6 Å². The van der Waals surface area contributed by atoms with Crippen molar-refractivity contribution in [1.29, 1.82) is 0 Å². The third-order valence-corrected chi connectivity index (χ3v) is 16.8. The molecule has 3 aromatic rings. The van der Waals surface area contributed by atoms with Crippen molar-refractivity contribution in [2.45, 2.75) is 140 Å². The number of benzene rings is 3. The molecule has 0 radical (unpaired) electrons. The smallest absolute Gasteiger partial charge is 0.407 e. The second-order valence-electron chi connectivity index (χ2n) is 21.3. The van der Waals surface area contributed by atoms with Crippen LogP contribution in [0.1, 0.15) is 126 Å². The molecule has 2 bridgehead atoms. The van der Waals surface area contributed by atoms with E-state index in [1.165, 1.54) is 84.4 Å². The average molecular weight is 890 g/mol. The van der Waals surface area contributed by atoms with Crippen LogP contribution >= 0.6 is 0 Å². The van der Waals surface area contributed by atoms with E-state index in [2.05, 4.69) is 64.8 Å². The van der Waals surface area contributed by atoms with E-state index in [-0.39, 0.29) is 60.2 Å². The van der Waals surface area contributed by atoms with E-state index in [4.69, 9.17) is 19.5 Å². The molecule has 2 saturated heterocycles. The Labute approximate surface area is 388 Å². The Kier molecular flexibility index (Phi) is 10.8. The van der Waals surface area contributed by atoms with E-state index in [9.17, 15) is 19.2 Å². The first-order chi connectivity index (χ1) is 31.9. The largest absolute Gasteiger partial charge is 0.469 e. The van der Waals surface area contributed by atoms with Crippen molar-refractivity contribution >= 4 is 46.6 Å². The summed E-state index contributed by atoms with van der Waals surface area (Å²) >= 11 is 0. The van der Waals surface area contributed by atoms with Crippen LogP contribution in [-0.4, -0.2) is 89.5 Å². The Morgan fingerprint density at radius 3 is 1.88 bits per heavy atom. The molecule has 3 aromatic carbocycles. The number of esters is 1. The lowest BCUT2D eigenvalue weighted by Crippen LogP contribution is -2.55. The Morgan fingerprint density at radius 1 is 0.682 bits per heavy atom. The molecule has 5 fully saturated rings. The summed E-state index contributed by atoms with van der Waals surface area (Å²) in [6.07, 6.45) is 11.8. The maximum Gasteiger partial charge on any atom is 0.407 e. The number of piperidine rings is 2. The lowest BCUT2D eigenvalue weighted by molar-refractivity contribution is -0.148. The molecule has 1 N–H and O–H groups in total. The van der Waals surface area contributed by atoms with Crippen LogP contribution in [0.5, 0.6) is 0 Å². The molecule has 4 aliphatic heterocycles. The molecular formula is C55H63N5O6. The summed E-state index contributed by atoms with van der Waals surface area (Å²) < 4.78 is 9.84. The SMILES string of the molecule is COC(=O)C[C@H](C(=O)N1C2CC2C[C@H]1C1=NC=C(c2ccc(-c3ccc(-c4ccc5c(c4)CC([C@H]4CC6CC6N4C(=O)[C@@H](NC(=O)OC)C(C)C)=N5)c4c3C3CCC4CC3)cc2)C1)C(C)C. The Hall–Kier alpha value is -5.58. The number of alkyl carbamates (subject to hydrolysis) is 1. The number of hydrogen-bond acceptors (Lipinski definition) is 8.